The summed E-state index contributed by atoms with van der Waals surface area (Å²) in [5.74, 6) is 0. The summed E-state index contributed by atoms with van der Waals surface area (Å²) in [5, 5.41) is 6.18. The Morgan fingerprint density at radius 3 is 2.69 bits per heavy atom. The predicted molar refractivity (Wildman–Crippen MR) is 71.5 cm³/mol. The van der Waals surface area contributed by atoms with Crippen LogP contribution in [0.4, 0.5) is 0 Å². The van der Waals surface area contributed by atoms with Gasteiger partial charge in [0.15, 0.2) is 0 Å². The van der Waals surface area contributed by atoms with E-state index in [1.807, 2.05) is 25.4 Å². The second-order valence-corrected chi connectivity index (χ2v) is 5.04. The number of likely N-dealkylation sites (N-methyl/N-ethyl adjacent to an activating group) is 1. The molecule has 1 rings (SSSR count). The van der Waals surface area contributed by atoms with Gasteiger partial charge in [0.25, 0.3) is 0 Å². The highest BCUT2D eigenvalue weighted by molar-refractivity contribution is 7.10. The van der Waals surface area contributed by atoms with Crippen LogP contribution < -0.4 is 5.32 Å². The molecule has 16 heavy (non-hydrogen) atoms. The van der Waals surface area contributed by atoms with Gasteiger partial charge in [-0.1, -0.05) is 24.9 Å². The number of hydrogen-bond acceptors (Lipinski definition) is 3. The van der Waals surface area contributed by atoms with Gasteiger partial charge >= 0.3 is 0 Å². The molecule has 0 bridgehead atoms. The zero-order valence-electron chi connectivity index (χ0n) is 10.1. The minimum Gasteiger partial charge on any atom is -0.376 e. The molecule has 0 aromatic carbocycles. The topological polar surface area (TPSA) is 21.3 Å². The lowest BCUT2D eigenvalue weighted by Gasteiger charge is -2.26. The maximum atomic E-state index is 6.17. The Morgan fingerprint density at radius 1 is 1.50 bits per heavy atom. The van der Waals surface area contributed by atoms with Crippen molar-refractivity contribution in [1.82, 2.24) is 5.32 Å². The van der Waals surface area contributed by atoms with E-state index in [0.29, 0.717) is 0 Å². The van der Waals surface area contributed by atoms with Gasteiger partial charge in [-0.25, -0.2) is 0 Å². The first kappa shape index (κ1) is 14.0. The molecule has 0 saturated carbocycles. The normalized spacial score (nSPS) is 15.0. The molecular weight excluding hydrogens is 242 g/mol. The number of halogens is 1. The Hall–Kier alpha value is -0.0900. The van der Waals surface area contributed by atoms with Gasteiger partial charge in [-0.2, -0.15) is 0 Å². The van der Waals surface area contributed by atoms with E-state index in [2.05, 4.69) is 12.2 Å². The van der Waals surface area contributed by atoms with Crippen molar-refractivity contribution in [3.63, 3.8) is 0 Å². The summed E-state index contributed by atoms with van der Waals surface area (Å²) in [7, 11) is 1.96. The van der Waals surface area contributed by atoms with Gasteiger partial charge in [0.05, 0.1) is 17.2 Å². The highest BCUT2D eigenvalue weighted by atomic mass is 35.5. The van der Waals surface area contributed by atoms with Crippen molar-refractivity contribution in [2.75, 3.05) is 13.7 Å². The summed E-state index contributed by atoms with van der Waals surface area (Å²) < 4.78 is 5.80. The van der Waals surface area contributed by atoms with Crippen molar-refractivity contribution >= 4 is 22.9 Å². The third kappa shape index (κ3) is 3.45. The molecule has 0 fully saturated rings. The molecule has 0 radical (unpaired) electrons. The van der Waals surface area contributed by atoms with Crippen molar-refractivity contribution in [3.8, 4) is 0 Å². The maximum absolute atomic E-state index is 6.17. The molecule has 92 valence electrons. The molecule has 2 unspecified atom stereocenters. The van der Waals surface area contributed by atoms with E-state index >= 15 is 0 Å². The largest absolute Gasteiger partial charge is 0.376 e. The third-order valence-electron chi connectivity index (χ3n) is 2.56. The second kappa shape index (κ2) is 7.28. The summed E-state index contributed by atoms with van der Waals surface area (Å²) >= 11 is 7.86. The molecule has 1 aromatic rings. The molecule has 1 N–H and O–H groups in total. The Morgan fingerprint density at radius 2 is 2.25 bits per heavy atom. The van der Waals surface area contributed by atoms with Gasteiger partial charge in [-0.3, -0.25) is 0 Å². The summed E-state index contributed by atoms with van der Waals surface area (Å²) in [4.78, 5) is 1.18. The van der Waals surface area contributed by atoms with E-state index in [1.165, 1.54) is 4.88 Å². The first-order valence-electron chi connectivity index (χ1n) is 5.76. The van der Waals surface area contributed by atoms with Crippen LogP contribution in [-0.2, 0) is 4.74 Å². The molecule has 0 aliphatic rings. The lowest BCUT2D eigenvalue weighted by Crippen LogP contribution is -2.31. The molecule has 0 spiro atoms. The van der Waals surface area contributed by atoms with Gasteiger partial charge in [-0.15, -0.1) is 11.3 Å². The Balaban J connectivity index is 2.81. The Kier molecular flexibility index (Phi) is 6.36. The van der Waals surface area contributed by atoms with Crippen LogP contribution in [0.25, 0.3) is 0 Å². The van der Waals surface area contributed by atoms with Gasteiger partial charge in [0.2, 0.25) is 0 Å². The number of thiophene rings is 1. The van der Waals surface area contributed by atoms with Crippen molar-refractivity contribution in [2.45, 2.75) is 38.8 Å². The maximum Gasteiger partial charge on any atom is 0.0777 e. The fourth-order valence-corrected chi connectivity index (χ4v) is 3.19. The minimum absolute atomic E-state index is 0.201. The highest BCUT2D eigenvalue weighted by Gasteiger charge is 2.24. The lowest BCUT2D eigenvalue weighted by atomic mass is 10.0. The summed E-state index contributed by atoms with van der Waals surface area (Å²) in [6.45, 7) is 4.95. The molecule has 1 aromatic heterocycles. The first-order valence-corrected chi connectivity index (χ1v) is 7.02. The van der Waals surface area contributed by atoms with Gasteiger partial charge in [0, 0.05) is 11.5 Å². The number of hydrogen-bond donors (Lipinski definition) is 1. The molecule has 2 nitrogen and oxygen atoms in total. The van der Waals surface area contributed by atoms with E-state index in [1.54, 1.807) is 11.3 Å². The molecule has 4 heteroatoms. The number of rotatable bonds is 7. The molecular formula is C12H20ClNOS. The van der Waals surface area contributed by atoms with E-state index in [4.69, 9.17) is 16.3 Å². The summed E-state index contributed by atoms with van der Waals surface area (Å²) in [5.41, 5.74) is 0. The van der Waals surface area contributed by atoms with Crippen LogP contribution in [0.2, 0.25) is 5.02 Å². The fraction of sp³-hybridized carbons (Fsp3) is 0.667. The quantitative estimate of drug-likeness (QED) is 0.805. The smallest absolute Gasteiger partial charge is 0.0777 e. The lowest BCUT2D eigenvalue weighted by molar-refractivity contribution is 0.0304. The van der Waals surface area contributed by atoms with Crippen molar-refractivity contribution in [2.24, 2.45) is 0 Å². The SMILES string of the molecule is CCCC(OCC)C(NC)c1sccc1Cl. The Bertz CT molecular complexity index is 297. The van der Waals surface area contributed by atoms with Crippen LogP contribution in [-0.4, -0.2) is 19.8 Å². The van der Waals surface area contributed by atoms with Crippen LogP contribution in [0.3, 0.4) is 0 Å². The van der Waals surface area contributed by atoms with Crippen LogP contribution in [0.5, 0.6) is 0 Å². The summed E-state index contributed by atoms with van der Waals surface area (Å²) in [6, 6.07) is 2.15. The van der Waals surface area contributed by atoms with Crippen LogP contribution in [0, 0.1) is 0 Å². The molecule has 0 amide bonds. The molecule has 1 heterocycles. The summed E-state index contributed by atoms with van der Waals surface area (Å²) in [6.07, 6.45) is 2.37. The van der Waals surface area contributed by atoms with Crippen LogP contribution >= 0.6 is 22.9 Å². The van der Waals surface area contributed by atoms with Crippen molar-refractivity contribution in [1.29, 1.82) is 0 Å². The first-order chi connectivity index (χ1) is 7.74. The molecule has 2 atom stereocenters. The zero-order valence-corrected chi connectivity index (χ0v) is 11.7. The standard InChI is InChI=1S/C12H20ClNOS/c1-4-6-10(15-5-2)11(14-3)12-9(13)7-8-16-12/h7-8,10-11,14H,4-6H2,1-3H3. The molecule has 0 aliphatic carbocycles. The van der Waals surface area contributed by atoms with E-state index in [9.17, 15) is 0 Å². The molecule has 0 aliphatic heterocycles. The predicted octanol–water partition coefficient (Wildman–Crippen LogP) is 3.87. The van der Waals surface area contributed by atoms with E-state index in [-0.39, 0.29) is 12.1 Å². The number of nitrogens with one attached hydrogen (secondary N) is 1. The highest BCUT2D eigenvalue weighted by Crippen LogP contribution is 2.32. The van der Waals surface area contributed by atoms with Crippen molar-refractivity contribution in [3.05, 3.63) is 21.3 Å². The molecule has 0 saturated heterocycles. The van der Waals surface area contributed by atoms with Crippen molar-refractivity contribution < 1.29 is 4.74 Å². The van der Waals surface area contributed by atoms with Crippen LogP contribution in [0.1, 0.15) is 37.6 Å². The average Bonchev–Trinajstić information content (AvgIpc) is 2.67. The Labute approximate surface area is 107 Å². The zero-order chi connectivity index (χ0) is 12.0. The van der Waals surface area contributed by atoms with Gasteiger partial charge in [-0.05, 0) is 31.8 Å². The fourth-order valence-electron chi connectivity index (χ4n) is 1.86. The average molecular weight is 262 g/mol. The van der Waals surface area contributed by atoms with Gasteiger partial charge < -0.3 is 10.1 Å². The minimum atomic E-state index is 0.201. The monoisotopic (exact) mass is 261 g/mol. The van der Waals surface area contributed by atoms with E-state index < -0.39 is 0 Å². The second-order valence-electron chi connectivity index (χ2n) is 3.68. The third-order valence-corrected chi connectivity index (χ3v) is 4.01. The van der Waals surface area contributed by atoms with E-state index in [0.717, 1.165) is 24.5 Å². The number of ether oxygens (including phenoxy) is 1. The van der Waals surface area contributed by atoms with Gasteiger partial charge in [0.1, 0.15) is 0 Å². The van der Waals surface area contributed by atoms with Crippen LogP contribution in [0.15, 0.2) is 11.4 Å².